The van der Waals surface area contributed by atoms with E-state index in [4.69, 9.17) is 0 Å². The van der Waals surface area contributed by atoms with Gasteiger partial charge in [-0.3, -0.25) is 4.79 Å². The quantitative estimate of drug-likeness (QED) is 0.452. The molecule has 76 valence electrons. The lowest BCUT2D eigenvalue weighted by Crippen LogP contribution is -1.98. The van der Waals surface area contributed by atoms with Gasteiger partial charge in [-0.25, -0.2) is 4.98 Å². The summed E-state index contributed by atoms with van der Waals surface area (Å²) in [6, 6.07) is 5.36. The number of Topliss-reactive ketones (excluding diaryl/α,β-unsaturated/α-hetero) is 1. The Hall–Kier alpha value is -1.55. The number of fused-ring (bicyclic) bond motifs is 1. The molecule has 0 N–H and O–H groups in total. The van der Waals surface area contributed by atoms with Crippen molar-refractivity contribution >= 4 is 33.6 Å². The number of ketones is 1. The van der Waals surface area contributed by atoms with Crippen LogP contribution in [0.3, 0.4) is 0 Å². The van der Waals surface area contributed by atoms with E-state index >= 15 is 0 Å². The molecular weight excluding hydrogens is 210 g/mol. The van der Waals surface area contributed by atoms with E-state index in [0.717, 1.165) is 15.2 Å². The molecule has 0 aliphatic rings. The van der Waals surface area contributed by atoms with Crippen molar-refractivity contribution in [2.24, 2.45) is 0 Å². The van der Waals surface area contributed by atoms with E-state index in [1.165, 1.54) is 0 Å². The van der Waals surface area contributed by atoms with Crippen LogP contribution in [0.1, 0.15) is 21.8 Å². The molecule has 15 heavy (non-hydrogen) atoms. The molecule has 0 atom stereocenters. The van der Waals surface area contributed by atoms with Gasteiger partial charge in [0.2, 0.25) is 0 Å². The van der Waals surface area contributed by atoms with Crippen molar-refractivity contribution in [2.75, 3.05) is 0 Å². The number of benzene rings is 1. The fraction of sp³-hybridized carbons (Fsp3) is 0.182. The van der Waals surface area contributed by atoms with Crippen LogP contribution in [0.15, 0.2) is 18.2 Å². The Labute approximate surface area is 90.8 Å². The van der Waals surface area contributed by atoms with Crippen molar-refractivity contribution in [3.63, 3.8) is 0 Å². The number of thiazole rings is 1. The van der Waals surface area contributed by atoms with Crippen LogP contribution < -0.4 is 0 Å². The number of aldehydes is 1. The summed E-state index contributed by atoms with van der Waals surface area (Å²) >= 11 is 1.59. The maximum absolute atomic E-state index is 11.4. The first-order chi connectivity index (χ1) is 7.20. The molecule has 0 unspecified atom stereocenters. The third kappa shape index (κ3) is 1.94. The number of rotatable bonds is 3. The molecule has 2 rings (SSSR count). The van der Waals surface area contributed by atoms with Gasteiger partial charge < -0.3 is 4.79 Å². The molecule has 0 radical (unpaired) electrons. The molecule has 3 nitrogen and oxygen atoms in total. The van der Waals surface area contributed by atoms with Crippen LogP contribution in [0.5, 0.6) is 0 Å². The number of hydrogen-bond donors (Lipinski definition) is 0. The zero-order valence-electron chi connectivity index (χ0n) is 8.19. The molecule has 0 fully saturated rings. The lowest BCUT2D eigenvalue weighted by molar-refractivity contribution is -0.107. The monoisotopic (exact) mass is 219 g/mol. The molecule has 1 heterocycles. The van der Waals surface area contributed by atoms with Crippen molar-refractivity contribution in [1.29, 1.82) is 0 Å². The summed E-state index contributed by atoms with van der Waals surface area (Å²) in [5.41, 5.74) is 1.38. The molecule has 0 amide bonds. The molecular formula is C11H9NO2S. The molecule has 0 spiro atoms. The average Bonchev–Trinajstić information content (AvgIpc) is 2.57. The van der Waals surface area contributed by atoms with Crippen molar-refractivity contribution in [2.45, 2.75) is 13.3 Å². The van der Waals surface area contributed by atoms with Gasteiger partial charge in [0.1, 0.15) is 6.29 Å². The third-order valence-corrected chi connectivity index (χ3v) is 3.04. The first-order valence-electron chi connectivity index (χ1n) is 4.55. The van der Waals surface area contributed by atoms with Gasteiger partial charge in [-0.15, -0.1) is 11.3 Å². The summed E-state index contributed by atoms with van der Waals surface area (Å²) < 4.78 is 1.06. The first kappa shape index (κ1) is 9.98. The zero-order chi connectivity index (χ0) is 10.8. The lowest BCUT2D eigenvalue weighted by Gasteiger charge is -1.95. The summed E-state index contributed by atoms with van der Waals surface area (Å²) in [4.78, 5) is 26.0. The third-order valence-electron chi connectivity index (χ3n) is 2.09. The van der Waals surface area contributed by atoms with E-state index in [9.17, 15) is 9.59 Å². The Balaban J connectivity index is 2.46. The fourth-order valence-corrected chi connectivity index (χ4v) is 2.22. The zero-order valence-corrected chi connectivity index (χ0v) is 9.00. The second kappa shape index (κ2) is 3.90. The molecule has 0 aliphatic carbocycles. The van der Waals surface area contributed by atoms with Crippen molar-refractivity contribution in [3.8, 4) is 0 Å². The number of aryl methyl sites for hydroxylation is 1. The Morgan fingerprint density at radius 1 is 1.53 bits per heavy atom. The minimum Gasteiger partial charge on any atom is -0.303 e. The van der Waals surface area contributed by atoms with Gasteiger partial charge in [-0.05, 0) is 25.1 Å². The van der Waals surface area contributed by atoms with Crippen LogP contribution in [0.25, 0.3) is 10.2 Å². The second-order valence-corrected chi connectivity index (χ2v) is 4.44. The maximum atomic E-state index is 11.4. The maximum Gasteiger partial charge on any atom is 0.170 e. The summed E-state index contributed by atoms with van der Waals surface area (Å²) in [7, 11) is 0. The number of carbonyl (C=O) groups is 2. The van der Waals surface area contributed by atoms with Gasteiger partial charge in [0, 0.05) is 5.56 Å². The average molecular weight is 219 g/mol. The van der Waals surface area contributed by atoms with Gasteiger partial charge in [-0.1, -0.05) is 0 Å². The SMILES string of the molecule is Cc1nc2cc(C(=O)CC=O)ccc2s1. The Kier molecular flexibility index (Phi) is 2.60. The number of nitrogens with zero attached hydrogens (tertiary/aromatic N) is 1. The Morgan fingerprint density at radius 2 is 2.33 bits per heavy atom. The first-order valence-corrected chi connectivity index (χ1v) is 5.36. The minimum atomic E-state index is -0.155. The van der Waals surface area contributed by atoms with Crippen LogP contribution in [-0.2, 0) is 4.79 Å². The number of aromatic nitrogens is 1. The molecule has 0 bridgehead atoms. The highest BCUT2D eigenvalue weighted by atomic mass is 32.1. The molecule has 1 aromatic heterocycles. The van der Waals surface area contributed by atoms with E-state index < -0.39 is 0 Å². The summed E-state index contributed by atoms with van der Waals surface area (Å²) in [5.74, 6) is -0.155. The molecule has 1 aromatic carbocycles. The van der Waals surface area contributed by atoms with Gasteiger partial charge in [0.05, 0.1) is 21.6 Å². The molecule has 0 saturated heterocycles. The standard InChI is InChI=1S/C11H9NO2S/c1-7-12-9-6-8(10(14)4-5-13)2-3-11(9)15-7/h2-3,5-6H,4H2,1H3. The number of hydrogen-bond acceptors (Lipinski definition) is 4. The van der Waals surface area contributed by atoms with Gasteiger partial charge in [0.15, 0.2) is 5.78 Å². The van der Waals surface area contributed by atoms with E-state index in [1.807, 2.05) is 13.0 Å². The highest BCUT2D eigenvalue weighted by molar-refractivity contribution is 7.18. The van der Waals surface area contributed by atoms with Crippen molar-refractivity contribution < 1.29 is 9.59 Å². The van der Waals surface area contributed by atoms with Crippen LogP contribution in [0, 0.1) is 6.92 Å². The lowest BCUT2D eigenvalue weighted by atomic mass is 10.1. The highest BCUT2D eigenvalue weighted by Gasteiger charge is 2.07. The van der Waals surface area contributed by atoms with E-state index in [1.54, 1.807) is 23.5 Å². The predicted molar refractivity (Wildman–Crippen MR) is 59.4 cm³/mol. The van der Waals surface area contributed by atoms with E-state index in [2.05, 4.69) is 4.98 Å². The van der Waals surface area contributed by atoms with Crippen molar-refractivity contribution in [1.82, 2.24) is 4.98 Å². The summed E-state index contributed by atoms with van der Waals surface area (Å²) in [6.45, 7) is 1.93. The van der Waals surface area contributed by atoms with Gasteiger partial charge in [0.25, 0.3) is 0 Å². The smallest absolute Gasteiger partial charge is 0.170 e. The largest absolute Gasteiger partial charge is 0.303 e. The van der Waals surface area contributed by atoms with Crippen LogP contribution in [0.4, 0.5) is 0 Å². The summed E-state index contributed by atoms with van der Waals surface area (Å²) in [6.07, 6.45) is 0.563. The fourth-order valence-electron chi connectivity index (χ4n) is 1.41. The van der Waals surface area contributed by atoms with Gasteiger partial charge in [-0.2, -0.15) is 0 Å². The normalized spacial score (nSPS) is 10.5. The molecule has 2 aromatic rings. The van der Waals surface area contributed by atoms with Gasteiger partial charge >= 0.3 is 0 Å². The van der Waals surface area contributed by atoms with Crippen molar-refractivity contribution in [3.05, 3.63) is 28.8 Å². The predicted octanol–water partition coefficient (Wildman–Crippen LogP) is 2.38. The summed E-state index contributed by atoms with van der Waals surface area (Å²) in [5, 5.41) is 0.977. The topological polar surface area (TPSA) is 47.0 Å². The Bertz CT molecular complexity index is 530. The molecule has 4 heteroatoms. The molecule has 0 saturated carbocycles. The van der Waals surface area contributed by atoms with Crippen LogP contribution >= 0.6 is 11.3 Å². The number of carbonyl (C=O) groups excluding carboxylic acids is 2. The molecule has 0 aliphatic heterocycles. The van der Waals surface area contributed by atoms with Crippen LogP contribution in [0.2, 0.25) is 0 Å². The highest BCUT2D eigenvalue weighted by Crippen LogP contribution is 2.22. The second-order valence-electron chi connectivity index (χ2n) is 3.21. The Morgan fingerprint density at radius 3 is 3.07 bits per heavy atom. The van der Waals surface area contributed by atoms with E-state index in [0.29, 0.717) is 11.8 Å². The van der Waals surface area contributed by atoms with Crippen LogP contribution in [-0.4, -0.2) is 17.1 Å². The minimum absolute atomic E-state index is 0.0609. The van der Waals surface area contributed by atoms with E-state index in [-0.39, 0.29) is 12.2 Å².